The molecule has 118 valence electrons. The zero-order chi connectivity index (χ0) is 15.5. The Balaban J connectivity index is 1.74. The van der Waals surface area contributed by atoms with E-state index in [-0.39, 0.29) is 0 Å². The van der Waals surface area contributed by atoms with E-state index >= 15 is 0 Å². The van der Waals surface area contributed by atoms with Crippen molar-refractivity contribution in [3.05, 3.63) is 46.5 Å². The Hall–Kier alpha value is -1.43. The summed E-state index contributed by atoms with van der Waals surface area (Å²) < 4.78 is 5.39. The van der Waals surface area contributed by atoms with Gasteiger partial charge in [-0.05, 0) is 18.6 Å². The Bertz CT molecular complexity index is 630. The lowest BCUT2D eigenvalue weighted by Crippen LogP contribution is -2.21. The summed E-state index contributed by atoms with van der Waals surface area (Å²) in [6.45, 7) is 5.39. The van der Waals surface area contributed by atoms with Crippen LogP contribution in [0.25, 0.3) is 0 Å². The molecule has 2 aromatic rings. The Morgan fingerprint density at radius 2 is 2.18 bits per heavy atom. The normalized spacial score (nSPS) is 22.3. The minimum atomic E-state index is 0.299. The molecule has 1 N–H and O–H groups in total. The van der Waals surface area contributed by atoms with E-state index < -0.39 is 0 Å². The number of benzene rings is 1. The molecule has 1 fully saturated rings. The summed E-state index contributed by atoms with van der Waals surface area (Å²) >= 11 is 6.28. The quantitative estimate of drug-likeness (QED) is 0.920. The Morgan fingerprint density at radius 1 is 1.36 bits per heavy atom. The molecule has 0 amide bonds. The summed E-state index contributed by atoms with van der Waals surface area (Å²) in [5.41, 5.74) is 1.16. The molecule has 0 bridgehead atoms. The van der Waals surface area contributed by atoms with Crippen LogP contribution >= 0.6 is 11.6 Å². The van der Waals surface area contributed by atoms with Crippen molar-refractivity contribution in [2.45, 2.75) is 19.4 Å². The third-order valence-corrected chi connectivity index (χ3v) is 4.56. The molecule has 0 radical (unpaired) electrons. The van der Waals surface area contributed by atoms with Crippen molar-refractivity contribution < 1.29 is 4.74 Å². The van der Waals surface area contributed by atoms with Gasteiger partial charge in [0.15, 0.2) is 5.82 Å². The molecule has 22 heavy (non-hydrogen) atoms. The summed E-state index contributed by atoms with van der Waals surface area (Å²) in [5.74, 6) is 2.45. The van der Waals surface area contributed by atoms with Crippen molar-refractivity contribution in [1.82, 2.24) is 20.1 Å². The summed E-state index contributed by atoms with van der Waals surface area (Å²) in [4.78, 5) is 6.91. The predicted molar refractivity (Wildman–Crippen MR) is 86.0 cm³/mol. The van der Waals surface area contributed by atoms with Gasteiger partial charge in [0, 0.05) is 43.6 Å². The van der Waals surface area contributed by atoms with Gasteiger partial charge in [0.25, 0.3) is 0 Å². The van der Waals surface area contributed by atoms with Crippen LogP contribution in [0.4, 0.5) is 0 Å². The van der Waals surface area contributed by atoms with Crippen LogP contribution in [0.3, 0.4) is 0 Å². The van der Waals surface area contributed by atoms with Crippen LogP contribution in [0.2, 0.25) is 5.02 Å². The van der Waals surface area contributed by atoms with Gasteiger partial charge in [0.2, 0.25) is 0 Å². The number of likely N-dealkylation sites (tertiary alicyclic amines) is 1. The van der Waals surface area contributed by atoms with E-state index in [2.05, 4.69) is 26.1 Å². The maximum Gasteiger partial charge on any atom is 0.155 e. The molecule has 1 aromatic carbocycles. The molecule has 5 nitrogen and oxygen atoms in total. The van der Waals surface area contributed by atoms with Crippen LogP contribution in [0.5, 0.6) is 0 Å². The van der Waals surface area contributed by atoms with E-state index in [4.69, 9.17) is 16.3 Å². The fourth-order valence-electron chi connectivity index (χ4n) is 3.16. The first kappa shape index (κ1) is 15.5. The topological polar surface area (TPSA) is 54.0 Å². The fourth-order valence-corrected chi connectivity index (χ4v) is 3.35. The lowest BCUT2D eigenvalue weighted by molar-refractivity contribution is 0.146. The molecule has 2 atom stereocenters. The maximum absolute atomic E-state index is 6.28. The number of H-pyrrole nitrogens is 1. The zero-order valence-electron chi connectivity index (χ0n) is 12.9. The highest BCUT2D eigenvalue weighted by atomic mass is 35.5. The average molecular weight is 321 g/mol. The number of hydrogen-bond acceptors (Lipinski definition) is 4. The van der Waals surface area contributed by atoms with Crippen LogP contribution in [-0.2, 0) is 11.3 Å². The largest absolute Gasteiger partial charge is 0.384 e. The maximum atomic E-state index is 6.28. The number of rotatable bonds is 5. The third kappa shape index (κ3) is 3.32. The van der Waals surface area contributed by atoms with Crippen LogP contribution in [0, 0.1) is 12.8 Å². The van der Waals surface area contributed by atoms with Crippen LogP contribution in [-0.4, -0.2) is 46.9 Å². The van der Waals surface area contributed by atoms with E-state index in [1.54, 1.807) is 7.11 Å². The molecule has 2 heterocycles. The van der Waals surface area contributed by atoms with Gasteiger partial charge in [-0.2, -0.15) is 5.10 Å². The second-order valence-electron chi connectivity index (χ2n) is 5.89. The van der Waals surface area contributed by atoms with Gasteiger partial charge >= 0.3 is 0 Å². The van der Waals surface area contributed by atoms with Crippen molar-refractivity contribution in [1.29, 1.82) is 0 Å². The van der Waals surface area contributed by atoms with E-state index in [1.807, 2.05) is 25.1 Å². The first-order chi connectivity index (χ1) is 10.7. The molecule has 1 saturated heterocycles. The molecule has 0 aliphatic carbocycles. The highest BCUT2D eigenvalue weighted by Gasteiger charge is 2.36. The molecule has 1 aliphatic heterocycles. The standard InChI is InChI=1S/C16H21ClN4O/c1-11-18-16(20-19-11)14-9-21(8-13(14)10-22-2)7-12-5-3-4-6-15(12)17/h3-6,13-14H,7-10H2,1-2H3,(H,18,19,20)/t13-,14+/m0/s1. The highest BCUT2D eigenvalue weighted by Crippen LogP contribution is 2.32. The van der Waals surface area contributed by atoms with Crippen LogP contribution in [0.15, 0.2) is 24.3 Å². The van der Waals surface area contributed by atoms with Gasteiger partial charge < -0.3 is 4.74 Å². The lowest BCUT2D eigenvalue weighted by atomic mass is 9.96. The molecule has 0 spiro atoms. The predicted octanol–water partition coefficient (Wildman–Crippen LogP) is 2.63. The molecule has 6 heteroatoms. The first-order valence-electron chi connectivity index (χ1n) is 7.51. The van der Waals surface area contributed by atoms with Crippen molar-refractivity contribution >= 4 is 11.6 Å². The molecule has 0 unspecified atom stereocenters. The van der Waals surface area contributed by atoms with Gasteiger partial charge in [-0.1, -0.05) is 29.8 Å². The van der Waals surface area contributed by atoms with Gasteiger partial charge in [0.1, 0.15) is 5.82 Å². The lowest BCUT2D eigenvalue weighted by Gasteiger charge is -2.16. The monoisotopic (exact) mass is 320 g/mol. The third-order valence-electron chi connectivity index (χ3n) is 4.20. The van der Waals surface area contributed by atoms with Crippen LogP contribution in [0.1, 0.15) is 23.1 Å². The second-order valence-corrected chi connectivity index (χ2v) is 6.29. The minimum absolute atomic E-state index is 0.299. The number of methoxy groups -OCH3 is 1. The Labute approximate surface area is 135 Å². The smallest absolute Gasteiger partial charge is 0.155 e. The second kappa shape index (κ2) is 6.77. The number of ether oxygens (including phenoxy) is 1. The summed E-state index contributed by atoms with van der Waals surface area (Å²) in [5, 5.41) is 8.11. The van der Waals surface area contributed by atoms with E-state index in [9.17, 15) is 0 Å². The average Bonchev–Trinajstić information content (AvgIpc) is 3.08. The number of aromatic amines is 1. The molecule has 0 saturated carbocycles. The molecular weight excluding hydrogens is 300 g/mol. The number of aromatic nitrogens is 3. The molecule has 1 aromatic heterocycles. The summed E-state index contributed by atoms with van der Waals surface area (Å²) in [6.07, 6.45) is 0. The van der Waals surface area contributed by atoms with Gasteiger partial charge in [0.05, 0.1) is 6.61 Å². The number of nitrogens with zero attached hydrogens (tertiary/aromatic N) is 3. The van der Waals surface area contributed by atoms with Crippen molar-refractivity contribution in [3.8, 4) is 0 Å². The summed E-state index contributed by atoms with van der Waals surface area (Å²) in [6, 6.07) is 8.01. The first-order valence-corrected chi connectivity index (χ1v) is 7.88. The zero-order valence-corrected chi connectivity index (χ0v) is 13.7. The highest BCUT2D eigenvalue weighted by molar-refractivity contribution is 6.31. The number of aryl methyl sites for hydroxylation is 1. The number of nitrogens with one attached hydrogen (secondary N) is 1. The Morgan fingerprint density at radius 3 is 2.86 bits per heavy atom. The van der Waals surface area contributed by atoms with Gasteiger partial charge in [-0.25, -0.2) is 4.98 Å². The Kier molecular flexibility index (Phi) is 4.76. The van der Waals surface area contributed by atoms with Gasteiger partial charge in [-0.15, -0.1) is 0 Å². The van der Waals surface area contributed by atoms with Crippen LogP contribution < -0.4 is 0 Å². The summed E-state index contributed by atoms with van der Waals surface area (Å²) in [7, 11) is 1.75. The molecule has 1 aliphatic rings. The van der Waals surface area contributed by atoms with Crippen molar-refractivity contribution in [2.75, 3.05) is 26.8 Å². The van der Waals surface area contributed by atoms with E-state index in [0.717, 1.165) is 48.5 Å². The van der Waals surface area contributed by atoms with Crippen molar-refractivity contribution in [3.63, 3.8) is 0 Å². The van der Waals surface area contributed by atoms with Crippen molar-refractivity contribution in [2.24, 2.45) is 5.92 Å². The van der Waals surface area contributed by atoms with E-state index in [0.29, 0.717) is 11.8 Å². The number of hydrogen-bond donors (Lipinski definition) is 1. The molecule has 3 rings (SSSR count). The molecular formula is C16H21ClN4O. The van der Waals surface area contributed by atoms with Gasteiger partial charge in [-0.3, -0.25) is 10.00 Å². The number of halogens is 1. The fraction of sp³-hybridized carbons (Fsp3) is 0.500. The SMILES string of the molecule is COC[C@@H]1CN(Cc2ccccc2Cl)C[C@H]1c1n[nH]c(C)n1. The minimum Gasteiger partial charge on any atom is -0.384 e. The van der Waals surface area contributed by atoms with E-state index in [1.165, 1.54) is 0 Å².